The number of thiazole rings is 1. The normalized spacial score (nSPS) is 17.8. The summed E-state index contributed by atoms with van der Waals surface area (Å²) in [4.78, 5) is 4.11. The van der Waals surface area contributed by atoms with Crippen LogP contribution in [0.15, 0.2) is 11.6 Å². The lowest BCUT2D eigenvalue weighted by Gasteiger charge is -2.11. The molecule has 1 atom stereocenters. The number of nitrogens with zero attached hydrogens (tertiary/aromatic N) is 1. The van der Waals surface area contributed by atoms with Crippen LogP contribution in [-0.2, 0) is 10.0 Å². The fourth-order valence-corrected chi connectivity index (χ4v) is 3.70. The first-order chi connectivity index (χ1) is 8.57. The Bertz CT molecular complexity index is 455. The van der Waals surface area contributed by atoms with E-state index < -0.39 is 10.0 Å². The van der Waals surface area contributed by atoms with Crippen molar-refractivity contribution in [2.45, 2.75) is 38.3 Å². The molecule has 1 saturated carbocycles. The van der Waals surface area contributed by atoms with Gasteiger partial charge >= 0.3 is 0 Å². The summed E-state index contributed by atoms with van der Waals surface area (Å²) in [5, 5.41) is 5.96. The van der Waals surface area contributed by atoms with E-state index in [0.29, 0.717) is 12.5 Å². The molecule has 1 aromatic heterocycles. The van der Waals surface area contributed by atoms with Gasteiger partial charge in [0, 0.05) is 17.6 Å². The predicted octanol–water partition coefficient (Wildman–Crippen LogP) is 1.27. The average molecular weight is 289 g/mol. The molecule has 1 unspecified atom stereocenters. The Morgan fingerprint density at radius 1 is 1.56 bits per heavy atom. The van der Waals surface area contributed by atoms with Crippen molar-refractivity contribution in [2.24, 2.45) is 0 Å². The van der Waals surface area contributed by atoms with Gasteiger partial charge < -0.3 is 5.32 Å². The van der Waals surface area contributed by atoms with Crippen LogP contribution >= 0.6 is 11.3 Å². The molecule has 2 rings (SSSR count). The van der Waals surface area contributed by atoms with E-state index in [2.05, 4.69) is 15.0 Å². The van der Waals surface area contributed by atoms with E-state index in [0.717, 1.165) is 11.6 Å². The SMILES string of the molecule is CC(NS(=O)(=O)CCCNC1CC1)c1nccs1. The lowest BCUT2D eigenvalue weighted by molar-refractivity contribution is 0.560. The maximum atomic E-state index is 11.8. The van der Waals surface area contributed by atoms with Crippen molar-refractivity contribution >= 4 is 21.4 Å². The van der Waals surface area contributed by atoms with Gasteiger partial charge in [0.2, 0.25) is 10.0 Å². The van der Waals surface area contributed by atoms with E-state index in [-0.39, 0.29) is 11.8 Å². The molecule has 1 fully saturated rings. The molecule has 0 saturated heterocycles. The summed E-state index contributed by atoms with van der Waals surface area (Å²) in [7, 11) is -3.21. The molecule has 1 aromatic rings. The Balaban J connectivity index is 1.72. The number of hydrogen-bond donors (Lipinski definition) is 2. The summed E-state index contributed by atoms with van der Waals surface area (Å²) in [5.74, 6) is 0.169. The first-order valence-corrected chi connectivity index (χ1v) is 8.73. The van der Waals surface area contributed by atoms with Crippen LogP contribution in [0, 0.1) is 0 Å². The van der Waals surface area contributed by atoms with Gasteiger partial charge in [0.15, 0.2) is 0 Å². The highest BCUT2D eigenvalue weighted by Gasteiger charge is 2.21. The van der Waals surface area contributed by atoms with Crippen LogP contribution in [0.3, 0.4) is 0 Å². The molecule has 102 valence electrons. The van der Waals surface area contributed by atoms with E-state index in [1.165, 1.54) is 24.2 Å². The van der Waals surface area contributed by atoms with Crippen LogP contribution in [0.4, 0.5) is 0 Å². The second-order valence-electron chi connectivity index (χ2n) is 4.61. The minimum absolute atomic E-state index is 0.169. The number of nitrogens with one attached hydrogen (secondary N) is 2. The smallest absolute Gasteiger partial charge is 0.212 e. The van der Waals surface area contributed by atoms with Crippen LogP contribution in [-0.4, -0.2) is 31.7 Å². The molecular weight excluding hydrogens is 270 g/mol. The third-order valence-electron chi connectivity index (χ3n) is 2.78. The van der Waals surface area contributed by atoms with Gasteiger partial charge in [0.05, 0.1) is 11.8 Å². The van der Waals surface area contributed by atoms with E-state index in [9.17, 15) is 8.42 Å². The van der Waals surface area contributed by atoms with E-state index in [4.69, 9.17) is 0 Å². The first kappa shape index (κ1) is 13.9. The second kappa shape index (κ2) is 6.10. The van der Waals surface area contributed by atoms with Gasteiger partial charge in [-0.15, -0.1) is 11.3 Å². The zero-order valence-electron chi connectivity index (χ0n) is 10.4. The van der Waals surface area contributed by atoms with Crippen molar-refractivity contribution in [2.75, 3.05) is 12.3 Å². The van der Waals surface area contributed by atoms with E-state index in [1.807, 2.05) is 12.3 Å². The minimum Gasteiger partial charge on any atom is -0.314 e. The molecule has 0 radical (unpaired) electrons. The lowest BCUT2D eigenvalue weighted by atomic mass is 10.4. The van der Waals surface area contributed by atoms with Crippen LogP contribution in [0.5, 0.6) is 0 Å². The Labute approximate surface area is 112 Å². The largest absolute Gasteiger partial charge is 0.314 e. The first-order valence-electron chi connectivity index (χ1n) is 6.19. The van der Waals surface area contributed by atoms with Gasteiger partial charge in [-0.2, -0.15) is 0 Å². The summed E-state index contributed by atoms with van der Waals surface area (Å²) in [6.45, 7) is 2.59. The standard InChI is InChI=1S/C11H19N3O2S2/c1-9(11-13-6-7-17-11)14-18(15,16)8-2-5-12-10-3-4-10/h6-7,9-10,12,14H,2-5,8H2,1H3. The maximum absolute atomic E-state index is 11.8. The molecular formula is C11H19N3O2S2. The minimum atomic E-state index is -3.21. The molecule has 18 heavy (non-hydrogen) atoms. The molecule has 0 aromatic carbocycles. The van der Waals surface area contributed by atoms with Crippen molar-refractivity contribution in [1.29, 1.82) is 0 Å². The molecule has 1 aliphatic rings. The van der Waals surface area contributed by atoms with Gasteiger partial charge in [-0.25, -0.2) is 18.1 Å². The highest BCUT2D eigenvalue weighted by Crippen LogP contribution is 2.18. The van der Waals surface area contributed by atoms with Crippen LogP contribution in [0.2, 0.25) is 0 Å². The number of hydrogen-bond acceptors (Lipinski definition) is 5. The predicted molar refractivity (Wildman–Crippen MR) is 73.1 cm³/mol. The Morgan fingerprint density at radius 2 is 2.33 bits per heavy atom. The third-order valence-corrected chi connectivity index (χ3v) is 5.28. The summed E-state index contributed by atoms with van der Waals surface area (Å²) >= 11 is 1.46. The molecule has 7 heteroatoms. The van der Waals surface area contributed by atoms with Crippen LogP contribution in [0.25, 0.3) is 0 Å². The zero-order valence-corrected chi connectivity index (χ0v) is 12.1. The topological polar surface area (TPSA) is 71.1 Å². The number of aromatic nitrogens is 1. The Kier molecular flexibility index (Phi) is 4.71. The zero-order chi connectivity index (χ0) is 13.0. The van der Waals surface area contributed by atoms with Crippen molar-refractivity contribution in [1.82, 2.24) is 15.0 Å². The van der Waals surface area contributed by atoms with E-state index >= 15 is 0 Å². The van der Waals surface area contributed by atoms with Crippen molar-refractivity contribution < 1.29 is 8.42 Å². The van der Waals surface area contributed by atoms with E-state index in [1.54, 1.807) is 6.20 Å². The van der Waals surface area contributed by atoms with Crippen molar-refractivity contribution in [3.05, 3.63) is 16.6 Å². The molecule has 1 aliphatic carbocycles. The third kappa shape index (κ3) is 4.64. The molecule has 2 N–H and O–H groups in total. The monoisotopic (exact) mass is 289 g/mol. The maximum Gasteiger partial charge on any atom is 0.212 e. The Hall–Kier alpha value is -0.500. The summed E-state index contributed by atoms with van der Waals surface area (Å²) < 4.78 is 26.3. The van der Waals surface area contributed by atoms with Gasteiger partial charge in [0.25, 0.3) is 0 Å². The molecule has 0 amide bonds. The molecule has 0 spiro atoms. The summed E-state index contributed by atoms with van der Waals surface area (Å²) in [6, 6.07) is 0.390. The van der Waals surface area contributed by atoms with Gasteiger partial charge in [-0.1, -0.05) is 0 Å². The van der Waals surface area contributed by atoms with Gasteiger partial charge in [-0.3, -0.25) is 0 Å². The molecule has 1 heterocycles. The average Bonchev–Trinajstić information content (AvgIpc) is 2.95. The molecule has 5 nitrogen and oxygen atoms in total. The molecule has 0 bridgehead atoms. The second-order valence-corrected chi connectivity index (χ2v) is 7.41. The van der Waals surface area contributed by atoms with Crippen molar-refractivity contribution in [3.8, 4) is 0 Å². The fraction of sp³-hybridized carbons (Fsp3) is 0.727. The summed E-state index contributed by atoms with van der Waals surface area (Å²) in [6.07, 6.45) is 4.79. The van der Waals surface area contributed by atoms with Crippen molar-refractivity contribution in [3.63, 3.8) is 0 Å². The lowest BCUT2D eigenvalue weighted by Crippen LogP contribution is -2.30. The molecule has 0 aliphatic heterocycles. The number of rotatable bonds is 8. The summed E-state index contributed by atoms with van der Waals surface area (Å²) in [5.41, 5.74) is 0. The highest BCUT2D eigenvalue weighted by atomic mass is 32.2. The highest BCUT2D eigenvalue weighted by molar-refractivity contribution is 7.89. The number of sulfonamides is 1. The van der Waals surface area contributed by atoms with Crippen LogP contribution < -0.4 is 10.0 Å². The Morgan fingerprint density at radius 3 is 2.94 bits per heavy atom. The van der Waals surface area contributed by atoms with Crippen LogP contribution in [0.1, 0.15) is 37.2 Å². The quantitative estimate of drug-likeness (QED) is 0.707. The fourth-order valence-electron chi connectivity index (χ4n) is 1.68. The van der Waals surface area contributed by atoms with Gasteiger partial charge in [-0.05, 0) is 32.7 Å². The van der Waals surface area contributed by atoms with Gasteiger partial charge in [0.1, 0.15) is 5.01 Å².